The summed E-state index contributed by atoms with van der Waals surface area (Å²) in [4.78, 5) is 17.6. The van der Waals surface area contributed by atoms with Crippen LogP contribution in [0.1, 0.15) is 5.82 Å². The zero-order valence-corrected chi connectivity index (χ0v) is 10.4. The maximum absolute atomic E-state index is 11.3. The van der Waals surface area contributed by atoms with Gasteiger partial charge in [-0.2, -0.15) is 0 Å². The van der Waals surface area contributed by atoms with Crippen molar-refractivity contribution in [2.24, 2.45) is 12.8 Å². The fourth-order valence-corrected chi connectivity index (χ4v) is 2.12. The van der Waals surface area contributed by atoms with E-state index < -0.39 is 0 Å². The zero-order chi connectivity index (χ0) is 12.4. The SMILES string of the molecule is Cn1c(Cl)cnc1CN1CCNCC1C(N)=O. The molecule has 0 aromatic carbocycles. The van der Waals surface area contributed by atoms with E-state index in [9.17, 15) is 4.79 Å². The first kappa shape index (κ1) is 12.3. The highest BCUT2D eigenvalue weighted by molar-refractivity contribution is 6.29. The second-order valence-electron chi connectivity index (χ2n) is 4.15. The molecule has 1 amide bonds. The Morgan fingerprint density at radius 1 is 1.76 bits per heavy atom. The smallest absolute Gasteiger partial charge is 0.236 e. The maximum Gasteiger partial charge on any atom is 0.236 e. The quantitative estimate of drug-likeness (QED) is 0.753. The molecule has 0 bridgehead atoms. The van der Waals surface area contributed by atoms with Crippen LogP contribution in [0.3, 0.4) is 0 Å². The number of carbonyl (C=O) groups excluding carboxylic acids is 1. The summed E-state index contributed by atoms with van der Waals surface area (Å²) in [6.07, 6.45) is 1.61. The highest BCUT2D eigenvalue weighted by Crippen LogP contribution is 2.13. The van der Waals surface area contributed by atoms with Gasteiger partial charge in [-0.3, -0.25) is 9.69 Å². The van der Waals surface area contributed by atoms with Crippen LogP contribution in [-0.4, -0.2) is 46.0 Å². The van der Waals surface area contributed by atoms with E-state index in [1.807, 2.05) is 16.5 Å². The number of nitrogens with one attached hydrogen (secondary N) is 1. The number of nitrogens with zero attached hydrogens (tertiary/aromatic N) is 3. The van der Waals surface area contributed by atoms with E-state index >= 15 is 0 Å². The van der Waals surface area contributed by atoms with Crippen LogP contribution in [0.2, 0.25) is 5.15 Å². The second-order valence-corrected chi connectivity index (χ2v) is 4.54. The Kier molecular flexibility index (Phi) is 3.66. The number of amides is 1. The number of piperazine rings is 1. The van der Waals surface area contributed by atoms with Crippen molar-refractivity contribution in [1.29, 1.82) is 0 Å². The van der Waals surface area contributed by atoms with E-state index in [1.54, 1.807) is 6.20 Å². The van der Waals surface area contributed by atoms with Gasteiger partial charge in [0.15, 0.2) is 0 Å². The number of carbonyl (C=O) groups is 1. The Morgan fingerprint density at radius 3 is 3.12 bits per heavy atom. The number of primary amides is 1. The number of halogens is 1. The molecule has 7 heteroatoms. The molecule has 1 aromatic heterocycles. The van der Waals surface area contributed by atoms with E-state index in [4.69, 9.17) is 17.3 Å². The van der Waals surface area contributed by atoms with Gasteiger partial charge < -0.3 is 15.6 Å². The zero-order valence-electron chi connectivity index (χ0n) is 9.69. The van der Waals surface area contributed by atoms with Crippen molar-refractivity contribution in [2.45, 2.75) is 12.6 Å². The minimum atomic E-state index is -0.308. The van der Waals surface area contributed by atoms with Crippen LogP contribution < -0.4 is 11.1 Å². The molecule has 6 nitrogen and oxygen atoms in total. The number of hydrogen-bond donors (Lipinski definition) is 2. The van der Waals surface area contributed by atoms with Crippen LogP contribution >= 0.6 is 11.6 Å². The summed E-state index contributed by atoms with van der Waals surface area (Å²) in [7, 11) is 1.85. The van der Waals surface area contributed by atoms with Gasteiger partial charge >= 0.3 is 0 Å². The summed E-state index contributed by atoms with van der Waals surface area (Å²) >= 11 is 5.92. The van der Waals surface area contributed by atoms with E-state index in [2.05, 4.69) is 10.3 Å². The maximum atomic E-state index is 11.3. The summed E-state index contributed by atoms with van der Waals surface area (Å²) in [5, 5.41) is 3.74. The van der Waals surface area contributed by atoms with Crippen LogP contribution in [0.25, 0.3) is 0 Å². The number of nitrogens with two attached hydrogens (primary N) is 1. The lowest BCUT2D eigenvalue weighted by Gasteiger charge is -2.33. The molecule has 1 aliphatic heterocycles. The average Bonchev–Trinajstić information content (AvgIpc) is 2.61. The van der Waals surface area contributed by atoms with Crippen molar-refractivity contribution in [2.75, 3.05) is 19.6 Å². The Balaban J connectivity index is 2.10. The van der Waals surface area contributed by atoms with Crippen LogP contribution in [0.4, 0.5) is 0 Å². The Bertz CT molecular complexity index is 419. The molecule has 1 saturated heterocycles. The molecule has 1 aromatic rings. The normalized spacial score (nSPS) is 21.6. The van der Waals surface area contributed by atoms with Gasteiger partial charge in [-0.15, -0.1) is 0 Å². The van der Waals surface area contributed by atoms with Crippen molar-refractivity contribution >= 4 is 17.5 Å². The van der Waals surface area contributed by atoms with E-state index in [0.29, 0.717) is 18.2 Å². The molecular formula is C10H16ClN5O. The molecule has 1 aliphatic rings. The number of rotatable bonds is 3. The molecule has 94 valence electrons. The molecule has 1 unspecified atom stereocenters. The number of hydrogen-bond acceptors (Lipinski definition) is 4. The third-order valence-corrected chi connectivity index (χ3v) is 3.41. The summed E-state index contributed by atoms with van der Waals surface area (Å²) in [6.45, 7) is 2.80. The van der Waals surface area contributed by atoms with Gasteiger partial charge in [0.2, 0.25) is 5.91 Å². The summed E-state index contributed by atoms with van der Waals surface area (Å²) < 4.78 is 1.81. The van der Waals surface area contributed by atoms with E-state index in [0.717, 1.165) is 18.9 Å². The first-order valence-electron chi connectivity index (χ1n) is 5.49. The Labute approximate surface area is 105 Å². The fourth-order valence-electron chi connectivity index (χ4n) is 1.97. The fraction of sp³-hybridized carbons (Fsp3) is 0.600. The molecular weight excluding hydrogens is 242 g/mol. The van der Waals surface area contributed by atoms with Crippen molar-refractivity contribution in [3.05, 3.63) is 17.2 Å². The van der Waals surface area contributed by atoms with Gasteiger partial charge in [0, 0.05) is 26.7 Å². The highest BCUT2D eigenvalue weighted by Gasteiger charge is 2.27. The standard InChI is InChI=1S/C10H16ClN5O/c1-15-8(11)5-14-9(15)6-16-3-2-13-4-7(16)10(12)17/h5,7,13H,2-4,6H2,1H3,(H2,12,17). The van der Waals surface area contributed by atoms with Gasteiger partial charge in [-0.05, 0) is 0 Å². The first-order chi connectivity index (χ1) is 8.09. The summed E-state index contributed by atoms with van der Waals surface area (Å²) in [5.74, 6) is 0.528. The molecule has 1 atom stereocenters. The first-order valence-corrected chi connectivity index (χ1v) is 5.87. The Hall–Kier alpha value is -1.11. The summed E-state index contributed by atoms with van der Waals surface area (Å²) in [5.41, 5.74) is 5.38. The highest BCUT2D eigenvalue weighted by atomic mass is 35.5. The lowest BCUT2D eigenvalue weighted by atomic mass is 10.2. The van der Waals surface area contributed by atoms with Gasteiger partial charge in [-0.1, -0.05) is 11.6 Å². The lowest BCUT2D eigenvalue weighted by molar-refractivity contribution is -0.124. The molecule has 3 N–H and O–H groups in total. The minimum absolute atomic E-state index is 0.278. The second kappa shape index (κ2) is 5.03. The molecule has 1 fully saturated rings. The summed E-state index contributed by atoms with van der Waals surface area (Å²) in [6, 6.07) is -0.278. The number of aromatic nitrogens is 2. The average molecular weight is 258 g/mol. The number of imidazole rings is 1. The van der Waals surface area contributed by atoms with E-state index in [1.165, 1.54) is 0 Å². The molecule has 2 rings (SSSR count). The van der Waals surface area contributed by atoms with Crippen molar-refractivity contribution < 1.29 is 4.79 Å². The predicted molar refractivity (Wildman–Crippen MR) is 64.5 cm³/mol. The van der Waals surface area contributed by atoms with Crippen LogP contribution in [0.5, 0.6) is 0 Å². The Morgan fingerprint density at radius 2 is 2.53 bits per heavy atom. The minimum Gasteiger partial charge on any atom is -0.368 e. The van der Waals surface area contributed by atoms with Crippen molar-refractivity contribution in [3.8, 4) is 0 Å². The van der Waals surface area contributed by atoms with Gasteiger partial charge in [-0.25, -0.2) is 4.98 Å². The monoisotopic (exact) mass is 257 g/mol. The van der Waals surface area contributed by atoms with Gasteiger partial charge in [0.25, 0.3) is 0 Å². The largest absolute Gasteiger partial charge is 0.368 e. The van der Waals surface area contributed by atoms with Crippen molar-refractivity contribution in [1.82, 2.24) is 19.8 Å². The lowest BCUT2D eigenvalue weighted by Crippen LogP contribution is -2.56. The molecule has 17 heavy (non-hydrogen) atoms. The topological polar surface area (TPSA) is 76.2 Å². The van der Waals surface area contributed by atoms with Crippen LogP contribution in [-0.2, 0) is 18.4 Å². The van der Waals surface area contributed by atoms with E-state index in [-0.39, 0.29) is 11.9 Å². The third kappa shape index (κ3) is 2.59. The van der Waals surface area contributed by atoms with Gasteiger partial charge in [0.1, 0.15) is 17.0 Å². The molecule has 2 heterocycles. The molecule has 0 saturated carbocycles. The molecule has 0 aliphatic carbocycles. The van der Waals surface area contributed by atoms with Crippen molar-refractivity contribution in [3.63, 3.8) is 0 Å². The van der Waals surface area contributed by atoms with Crippen LogP contribution in [0.15, 0.2) is 6.20 Å². The van der Waals surface area contributed by atoms with Gasteiger partial charge in [0.05, 0.1) is 12.7 Å². The predicted octanol–water partition coefficient (Wildman–Crippen LogP) is -0.667. The third-order valence-electron chi connectivity index (χ3n) is 3.05. The molecule has 0 spiro atoms. The van der Waals surface area contributed by atoms with Crippen LogP contribution in [0, 0.1) is 0 Å². The molecule has 0 radical (unpaired) electrons.